The van der Waals surface area contributed by atoms with Gasteiger partial charge in [-0.25, -0.2) is 0 Å². The molecule has 2 aromatic rings. The van der Waals surface area contributed by atoms with E-state index in [1.165, 1.54) is 5.56 Å². The molecule has 21 heavy (non-hydrogen) atoms. The smallest absolute Gasteiger partial charge is 0.124 e. The molecule has 0 saturated carbocycles. The molecule has 3 heteroatoms. The molecule has 1 N–H and O–H groups in total. The lowest BCUT2D eigenvalue weighted by Gasteiger charge is -2.26. The molecule has 1 unspecified atom stereocenters. The fourth-order valence-electron chi connectivity index (χ4n) is 2.36. The molecule has 0 radical (unpaired) electrons. The zero-order valence-corrected chi connectivity index (χ0v) is 12.2. The normalized spacial score (nSPS) is 12.1. The highest BCUT2D eigenvalue weighted by molar-refractivity contribution is 5.28. The molecule has 0 aliphatic carbocycles. The second-order valence-electron chi connectivity index (χ2n) is 5.12. The zero-order valence-electron chi connectivity index (χ0n) is 12.2. The van der Waals surface area contributed by atoms with Gasteiger partial charge in [0.25, 0.3) is 0 Å². The first-order valence-electron chi connectivity index (χ1n) is 7.09. The van der Waals surface area contributed by atoms with E-state index in [1.54, 1.807) is 0 Å². The first-order chi connectivity index (χ1) is 10.2. The molecule has 1 atom stereocenters. The number of hydrogen-bond acceptors (Lipinski definition) is 3. The summed E-state index contributed by atoms with van der Waals surface area (Å²) in [6, 6.07) is 20.0. The molecule has 2 rings (SSSR count). The van der Waals surface area contributed by atoms with Crippen LogP contribution in [0.15, 0.2) is 54.6 Å². The van der Waals surface area contributed by atoms with Crippen molar-refractivity contribution in [3.05, 3.63) is 71.3 Å². The third kappa shape index (κ3) is 4.16. The third-order valence-corrected chi connectivity index (χ3v) is 3.50. The van der Waals surface area contributed by atoms with Crippen molar-refractivity contribution in [1.29, 1.82) is 5.26 Å². The van der Waals surface area contributed by atoms with Gasteiger partial charge in [0.2, 0.25) is 0 Å². The first kappa shape index (κ1) is 15.2. The molecule has 0 spiro atoms. The SMILES string of the molecule is Cc1ccc(C(C#N)N(CCO)Cc2ccccc2)cc1. The van der Waals surface area contributed by atoms with Gasteiger partial charge in [0.05, 0.1) is 12.7 Å². The predicted molar refractivity (Wildman–Crippen MR) is 83.5 cm³/mol. The Kier molecular flexibility index (Phi) is 5.51. The minimum absolute atomic E-state index is 0.0386. The number of aliphatic hydroxyl groups excluding tert-OH is 1. The van der Waals surface area contributed by atoms with E-state index in [1.807, 2.05) is 66.4 Å². The summed E-state index contributed by atoms with van der Waals surface area (Å²) in [7, 11) is 0. The Morgan fingerprint density at radius 1 is 1.10 bits per heavy atom. The van der Waals surface area contributed by atoms with Gasteiger partial charge in [-0.15, -0.1) is 0 Å². The van der Waals surface area contributed by atoms with Gasteiger partial charge < -0.3 is 5.11 Å². The van der Waals surface area contributed by atoms with Crippen molar-refractivity contribution in [3.8, 4) is 6.07 Å². The zero-order chi connectivity index (χ0) is 15.1. The van der Waals surface area contributed by atoms with Crippen LogP contribution < -0.4 is 0 Å². The van der Waals surface area contributed by atoms with E-state index in [-0.39, 0.29) is 12.6 Å². The molecule has 0 bridgehead atoms. The minimum atomic E-state index is -0.349. The van der Waals surface area contributed by atoms with E-state index in [4.69, 9.17) is 0 Å². The summed E-state index contributed by atoms with van der Waals surface area (Å²) >= 11 is 0. The predicted octanol–water partition coefficient (Wildman–Crippen LogP) is 3.05. The van der Waals surface area contributed by atoms with Crippen LogP contribution in [0, 0.1) is 18.3 Å². The fourth-order valence-corrected chi connectivity index (χ4v) is 2.36. The number of rotatable bonds is 6. The molecule has 0 heterocycles. The van der Waals surface area contributed by atoms with Gasteiger partial charge in [-0.3, -0.25) is 4.90 Å². The second-order valence-corrected chi connectivity index (χ2v) is 5.12. The van der Waals surface area contributed by atoms with E-state index in [0.29, 0.717) is 13.1 Å². The average molecular weight is 280 g/mol. The second kappa shape index (κ2) is 7.58. The molecule has 2 aromatic carbocycles. The van der Waals surface area contributed by atoms with Gasteiger partial charge in [-0.05, 0) is 18.1 Å². The largest absolute Gasteiger partial charge is 0.395 e. The minimum Gasteiger partial charge on any atom is -0.395 e. The van der Waals surface area contributed by atoms with E-state index in [9.17, 15) is 10.4 Å². The highest BCUT2D eigenvalue weighted by Gasteiger charge is 2.19. The van der Waals surface area contributed by atoms with Crippen molar-refractivity contribution >= 4 is 0 Å². The number of nitrogens with zero attached hydrogens (tertiary/aromatic N) is 2. The monoisotopic (exact) mass is 280 g/mol. The summed E-state index contributed by atoms with van der Waals surface area (Å²) < 4.78 is 0. The Morgan fingerprint density at radius 2 is 1.76 bits per heavy atom. The number of hydrogen-bond donors (Lipinski definition) is 1. The first-order valence-corrected chi connectivity index (χ1v) is 7.09. The summed E-state index contributed by atoms with van der Waals surface area (Å²) in [5, 5.41) is 18.8. The Balaban J connectivity index is 2.22. The highest BCUT2D eigenvalue weighted by atomic mass is 16.3. The van der Waals surface area contributed by atoms with Crippen LogP contribution in [0.2, 0.25) is 0 Å². The van der Waals surface area contributed by atoms with Crippen LogP contribution in [-0.2, 0) is 6.54 Å². The van der Waals surface area contributed by atoms with Gasteiger partial charge in [-0.2, -0.15) is 5.26 Å². The molecule has 108 valence electrons. The Bertz CT molecular complexity index is 587. The van der Waals surface area contributed by atoms with Crippen molar-refractivity contribution in [2.45, 2.75) is 19.5 Å². The summed E-state index contributed by atoms with van der Waals surface area (Å²) in [4.78, 5) is 2.00. The van der Waals surface area contributed by atoms with Gasteiger partial charge >= 0.3 is 0 Å². The van der Waals surface area contributed by atoms with E-state index in [2.05, 4.69) is 6.07 Å². The van der Waals surface area contributed by atoms with Crippen molar-refractivity contribution in [1.82, 2.24) is 4.90 Å². The Labute approximate surface area is 126 Å². The van der Waals surface area contributed by atoms with Crippen molar-refractivity contribution in [2.75, 3.05) is 13.2 Å². The van der Waals surface area contributed by atoms with Gasteiger partial charge in [0, 0.05) is 13.1 Å². The van der Waals surface area contributed by atoms with Crippen molar-refractivity contribution in [3.63, 3.8) is 0 Å². The van der Waals surface area contributed by atoms with Crippen LogP contribution in [0.25, 0.3) is 0 Å². The Hall–Kier alpha value is -2.15. The van der Waals surface area contributed by atoms with Crippen molar-refractivity contribution in [2.24, 2.45) is 0 Å². The number of nitriles is 1. The van der Waals surface area contributed by atoms with Crippen LogP contribution in [0.5, 0.6) is 0 Å². The van der Waals surface area contributed by atoms with Crippen molar-refractivity contribution < 1.29 is 5.11 Å². The topological polar surface area (TPSA) is 47.3 Å². The molecule has 0 aliphatic heterocycles. The lowest BCUT2D eigenvalue weighted by Crippen LogP contribution is -2.30. The molecule has 0 amide bonds. The highest BCUT2D eigenvalue weighted by Crippen LogP contribution is 2.22. The summed E-state index contributed by atoms with van der Waals surface area (Å²) in [6.45, 7) is 3.19. The van der Waals surface area contributed by atoms with Crippen LogP contribution in [0.4, 0.5) is 0 Å². The van der Waals surface area contributed by atoms with Crippen LogP contribution in [0.1, 0.15) is 22.7 Å². The lowest BCUT2D eigenvalue weighted by molar-refractivity contribution is 0.167. The van der Waals surface area contributed by atoms with Crippen LogP contribution >= 0.6 is 0 Å². The maximum Gasteiger partial charge on any atom is 0.124 e. The number of benzene rings is 2. The van der Waals surface area contributed by atoms with Crippen LogP contribution in [-0.4, -0.2) is 23.2 Å². The average Bonchev–Trinajstić information content (AvgIpc) is 2.51. The number of aryl methyl sites for hydroxylation is 1. The maximum atomic E-state index is 9.55. The van der Waals surface area contributed by atoms with E-state index >= 15 is 0 Å². The van der Waals surface area contributed by atoms with E-state index in [0.717, 1.165) is 11.1 Å². The summed E-state index contributed by atoms with van der Waals surface area (Å²) in [5.74, 6) is 0. The summed E-state index contributed by atoms with van der Waals surface area (Å²) in [6.07, 6.45) is 0. The summed E-state index contributed by atoms with van der Waals surface area (Å²) in [5.41, 5.74) is 3.28. The Morgan fingerprint density at radius 3 is 2.33 bits per heavy atom. The molecule has 0 saturated heterocycles. The lowest BCUT2D eigenvalue weighted by atomic mass is 10.0. The van der Waals surface area contributed by atoms with Gasteiger partial charge in [0.15, 0.2) is 0 Å². The molecule has 0 fully saturated rings. The quantitative estimate of drug-likeness (QED) is 0.884. The molecular formula is C18H20N2O. The maximum absolute atomic E-state index is 9.55. The van der Waals surface area contributed by atoms with E-state index < -0.39 is 0 Å². The standard InChI is InChI=1S/C18H20N2O/c1-15-7-9-17(10-8-15)18(13-19)20(11-12-21)14-16-5-3-2-4-6-16/h2-10,18,21H,11-12,14H2,1H3. The van der Waals surface area contributed by atoms with Crippen LogP contribution in [0.3, 0.4) is 0 Å². The number of aliphatic hydroxyl groups is 1. The third-order valence-electron chi connectivity index (χ3n) is 3.50. The van der Waals surface area contributed by atoms with Gasteiger partial charge in [0.1, 0.15) is 6.04 Å². The fraction of sp³-hybridized carbons (Fsp3) is 0.278. The molecule has 3 nitrogen and oxygen atoms in total. The van der Waals surface area contributed by atoms with Gasteiger partial charge in [-0.1, -0.05) is 60.2 Å². The molecule has 0 aliphatic rings. The molecular weight excluding hydrogens is 260 g/mol. The molecule has 0 aromatic heterocycles.